The predicted octanol–water partition coefficient (Wildman–Crippen LogP) is 11.7. The molecule has 5 amide bonds. The number of nitrogens with one attached hydrogen (secondary N) is 4. The summed E-state index contributed by atoms with van der Waals surface area (Å²) in [6, 6.07) is 25.2. The third kappa shape index (κ3) is 23.0. The Morgan fingerprint density at radius 1 is 0.517 bits per heavy atom. The van der Waals surface area contributed by atoms with E-state index in [-0.39, 0.29) is 69.9 Å². The number of aliphatic hydroxyl groups excluding tert-OH is 1. The first kappa shape index (κ1) is 87.3. The summed E-state index contributed by atoms with van der Waals surface area (Å²) in [5.41, 5.74) is 14.6. The second-order valence-corrected chi connectivity index (χ2v) is 28.9. The lowest BCUT2D eigenvalue weighted by atomic mass is 10.0. The first-order valence-electron chi connectivity index (χ1n) is 36.9. The molecule has 620 valence electrons. The second kappa shape index (κ2) is 37.8. The fourth-order valence-corrected chi connectivity index (χ4v) is 13.0. The van der Waals surface area contributed by atoms with E-state index in [1.165, 1.54) is 68.0 Å². The molecular weight excluding hydrogens is 1590 g/mol. The molecule has 13 rings (SSSR count). The standard InChI is InChI=1S/C30H29F3N8O2S.C28H29F3N6O2.C26H21F3N6O2/c1-19-3-4-22(28(43)38-25-16-23(7-8-34-25)30(31,32)33)15-21(19)5-6-24-18-35-29(44-24)39-26-17-27(37-20(2)36-26)41-11-9-40(10-12-41)13-14-42;1-18-4-5-20(14-19(18)7-9-23-16-33-26(25(32)38)36(23)3)27(39)34-22-8-6-21(24(15-22)28(29,30)31)17-37-12-10-35(2)11-13-37;1-15-4-5-18(8-17(15)6-7-21-12-31-24(23(30)36)34(21)3)25(37)33-20-9-19(26(27,28)29)10-22(11-20)35-13-16(2)32-14-35/h3-4,7-8,15-18,42H,9-14H2,1-2H3,(H,34,38,43)(H,35,36,37,39);4-6,8,14-16H,10-13,17H2,1-3H3,(H2,32,38)(H,34,39);4-5,8-14H,1-3H3,(H2,30,36)(H,33,37). The van der Waals surface area contributed by atoms with Crippen LogP contribution < -0.4 is 37.6 Å². The van der Waals surface area contributed by atoms with E-state index in [9.17, 15) is 68.6 Å². The van der Waals surface area contributed by atoms with Gasteiger partial charge in [0.05, 0.1) is 58.8 Å². The van der Waals surface area contributed by atoms with Crippen LogP contribution in [0.2, 0.25) is 0 Å². The zero-order chi connectivity index (χ0) is 86.5. The monoisotopic (exact) mass is 1670 g/mol. The third-order valence-electron chi connectivity index (χ3n) is 19.1. The molecule has 2 saturated heterocycles. The SMILES string of the molecule is Cc1ccc(C(=O)Nc2ccc(CN3CCN(C)CC3)c(C(F)(F)F)c2)cc1C#Cc1cnc(C(N)=O)n1C.Cc1cn(-c2cc(NC(=O)c3ccc(C)c(C#Cc4cnc(C(N)=O)n4C)c3)cc(C(F)(F)F)c2)cn1.Cc1nc(Nc2ncc(C#Cc3cc(C(=O)Nc4cc(C(F)(F)F)ccn4)ccc3C)s2)cc(N2CCN(CCO)CC2)n1. The Balaban J connectivity index is 0.000000177. The number of β-amino-alcohol motifs (C(OH)–C–C–N with tert-alkyl or cyclic N) is 1. The number of likely N-dealkylation sites (N-methyl/N-ethyl adjacent to an activating group) is 1. The largest absolute Gasteiger partial charge is 0.416 e. The molecular formula is C84H79F9N20O6S. The van der Waals surface area contributed by atoms with Crippen molar-refractivity contribution in [3.63, 3.8) is 0 Å². The number of nitrogens with zero attached hydrogens (tertiary/aromatic N) is 14. The summed E-state index contributed by atoms with van der Waals surface area (Å²) in [6.45, 7) is 16.3. The minimum Gasteiger partial charge on any atom is -0.395 e. The van der Waals surface area contributed by atoms with Crippen molar-refractivity contribution in [2.75, 3.05) is 98.7 Å². The Morgan fingerprint density at radius 2 is 1.06 bits per heavy atom. The van der Waals surface area contributed by atoms with Gasteiger partial charge in [-0.3, -0.25) is 33.8 Å². The second-order valence-electron chi connectivity index (χ2n) is 27.9. The molecule has 2 fully saturated rings. The van der Waals surface area contributed by atoms with Gasteiger partial charge in [0.1, 0.15) is 34.7 Å². The molecule has 0 radical (unpaired) electrons. The summed E-state index contributed by atoms with van der Waals surface area (Å²) < 4.78 is 126. The van der Waals surface area contributed by atoms with Crippen molar-refractivity contribution >= 4 is 74.8 Å². The van der Waals surface area contributed by atoms with Gasteiger partial charge in [-0.05, 0) is 161 Å². The summed E-state index contributed by atoms with van der Waals surface area (Å²) in [7, 11) is 5.20. The van der Waals surface area contributed by atoms with Crippen LogP contribution in [-0.4, -0.2) is 170 Å². The number of anilines is 6. The van der Waals surface area contributed by atoms with Crippen molar-refractivity contribution in [1.29, 1.82) is 0 Å². The number of hydrogen-bond donors (Lipinski definition) is 7. The van der Waals surface area contributed by atoms with Crippen LogP contribution in [-0.2, 0) is 39.2 Å². The number of pyridine rings is 1. The molecule has 36 heteroatoms. The van der Waals surface area contributed by atoms with Crippen LogP contribution >= 0.6 is 11.3 Å². The Labute approximate surface area is 686 Å². The number of benzene rings is 5. The molecule has 2 aliphatic heterocycles. The highest BCUT2D eigenvalue weighted by Crippen LogP contribution is 2.37. The molecule has 9 N–H and O–H groups in total. The summed E-state index contributed by atoms with van der Waals surface area (Å²) in [5, 5.41) is 20.6. The van der Waals surface area contributed by atoms with Crippen LogP contribution in [0.1, 0.15) is 136 Å². The highest BCUT2D eigenvalue weighted by atomic mass is 32.1. The number of thiazole rings is 1. The van der Waals surface area contributed by atoms with Gasteiger partial charge in [0.15, 0.2) is 16.8 Å². The van der Waals surface area contributed by atoms with Crippen LogP contribution in [0.4, 0.5) is 73.5 Å². The molecule has 6 aromatic heterocycles. The zero-order valence-electron chi connectivity index (χ0n) is 65.8. The molecule has 26 nitrogen and oxygen atoms in total. The lowest BCUT2D eigenvalue weighted by Crippen LogP contribution is -2.47. The van der Waals surface area contributed by atoms with E-state index in [1.807, 2.05) is 38.8 Å². The quantitative estimate of drug-likeness (QED) is 0.0349. The number of aliphatic hydroxyl groups is 1. The minimum atomic E-state index is -4.61. The van der Waals surface area contributed by atoms with Gasteiger partial charge < -0.3 is 61.3 Å². The normalized spacial score (nSPS) is 13.2. The molecule has 0 saturated carbocycles. The summed E-state index contributed by atoms with van der Waals surface area (Å²) in [6.07, 6.45) is -5.27. The molecule has 2 aliphatic rings. The maximum atomic E-state index is 13.9. The molecule has 0 unspecified atom stereocenters. The van der Waals surface area contributed by atoms with Crippen LogP contribution in [0.3, 0.4) is 0 Å². The number of amides is 5. The number of primary amides is 2. The number of carbonyl (C=O) groups is 5. The van der Waals surface area contributed by atoms with E-state index in [0.29, 0.717) is 75.1 Å². The summed E-state index contributed by atoms with van der Waals surface area (Å²) >= 11 is 1.34. The average molecular weight is 1670 g/mol. The van der Waals surface area contributed by atoms with Gasteiger partial charge in [0.25, 0.3) is 29.5 Å². The number of hydrogen-bond acceptors (Lipinski definition) is 19. The van der Waals surface area contributed by atoms with Gasteiger partial charge in [0, 0.05) is 148 Å². The number of alkyl halides is 9. The first-order chi connectivity index (χ1) is 56.9. The maximum absolute atomic E-state index is 13.9. The van der Waals surface area contributed by atoms with Crippen molar-refractivity contribution < 1.29 is 68.6 Å². The minimum absolute atomic E-state index is 0.0248. The number of nitrogens with two attached hydrogens (primary N) is 2. The van der Waals surface area contributed by atoms with Gasteiger partial charge in [-0.1, -0.05) is 53.4 Å². The van der Waals surface area contributed by atoms with Crippen LogP contribution in [0.15, 0.2) is 147 Å². The molecule has 11 aromatic rings. The Hall–Kier alpha value is -13.6. The summed E-state index contributed by atoms with van der Waals surface area (Å²) in [4.78, 5) is 100.0. The van der Waals surface area contributed by atoms with E-state index in [0.717, 1.165) is 98.3 Å². The number of piperazine rings is 2. The van der Waals surface area contributed by atoms with Gasteiger partial charge in [-0.15, -0.1) is 0 Å². The molecule has 120 heavy (non-hydrogen) atoms. The van der Waals surface area contributed by atoms with Gasteiger partial charge >= 0.3 is 18.5 Å². The highest BCUT2D eigenvalue weighted by Gasteiger charge is 2.36. The number of aromatic nitrogens is 10. The van der Waals surface area contributed by atoms with Crippen molar-refractivity contribution in [3.05, 3.63) is 258 Å². The lowest BCUT2D eigenvalue weighted by molar-refractivity contribution is -0.139. The molecule has 0 bridgehead atoms. The van der Waals surface area contributed by atoms with E-state index >= 15 is 0 Å². The molecule has 8 heterocycles. The van der Waals surface area contributed by atoms with E-state index in [4.69, 9.17) is 11.5 Å². The Kier molecular flexibility index (Phi) is 27.5. The van der Waals surface area contributed by atoms with Gasteiger partial charge in [-0.2, -0.15) is 39.5 Å². The molecule has 0 spiro atoms. The van der Waals surface area contributed by atoms with E-state index in [1.54, 1.807) is 88.9 Å². The Bertz CT molecular complexity index is 5880. The molecule has 5 aromatic carbocycles. The third-order valence-corrected chi connectivity index (χ3v) is 19.9. The lowest BCUT2D eigenvalue weighted by Gasteiger charge is -2.35. The van der Waals surface area contributed by atoms with Gasteiger partial charge in [0.2, 0.25) is 0 Å². The topological polar surface area (TPSA) is 324 Å². The van der Waals surface area contributed by atoms with E-state index < -0.39 is 64.8 Å². The maximum Gasteiger partial charge on any atom is 0.416 e. The number of rotatable bonds is 16. The van der Waals surface area contributed by atoms with Crippen molar-refractivity contribution in [2.24, 2.45) is 25.6 Å². The first-order valence-corrected chi connectivity index (χ1v) is 37.7. The number of aryl methyl sites for hydroxylation is 5. The fraction of sp³-hybridized carbons (Fsp3) is 0.262. The smallest absolute Gasteiger partial charge is 0.395 e. The number of carbonyl (C=O) groups excluding carboxylic acids is 5. The molecule has 0 aliphatic carbocycles. The zero-order valence-corrected chi connectivity index (χ0v) is 66.7. The fourth-order valence-electron chi connectivity index (χ4n) is 12.3. The number of halogens is 9. The van der Waals surface area contributed by atoms with Gasteiger partial charge in [-0.25, -0.2) is 34.9 Å². The predicted molar refractivity (Wildman–Crippen MR) is 433 cm³/mol. The number of imidazole rings is 3. The van der Waals surface area contributed by atoms with Crippen LogP contribution in [0, 0.1) is 70.1 Å². The van der Waals surface area contributed by atoms with Crippen molar-refractivity contribution in [1.82, 2.24) is 63.3 Å². The van der Waals surface area contributed by atoms with Crippen LogP contribution in [0.25, 0.3) is 5.69 Å². The highest BCUT2D eigenvalue weighted by molar-refractivity contribution is 7.16. The average Bonchev–Trinajstić information content (AvgIpc) is 1.26. The molecule has 0 atom stereocenters. The van der Waals surface area contributed by atoms with E-state index in [2.05, 4.69) is 106 Å². The Morgan fingerprint density at radius 3 is 1.57 bits per heavy atom. The van der Waals surface area contributed by atoms with Crippen molar-refractivity contribution in [3.8, 4) is 41.2 Å². The summed E-state index contributed by atoms with van der Waals surface area (Å²) in [5.74, 6) is 16.7. The van der Waals surface area contributed by atoms with Crippen molar-refractivity contribution in [2.45, 2.75) is 59.7 Å². The van der Waals surface area contributed by atoms with Crippen LogP contribution in [0.5, 0.6) is 0 Å².